The van der Waals surface area contributed by atoms with E-state index in [1.807, 2.05) is 0 Å². The number of rotatable bonds is 7. The number of piperazine rings is 1. The van der Waals surface area contributed by atoms with Crippen LogP contribution in [0.1, 0.15) is 36.0 Å². The van der Waals surface area contributed by atoms with Crippen molar-refractivity contribution in [3.05, 3.63) is 41.6 Å². The first-order chi connectivity index (χ1) is 15.7. The summed E-state index contributed by atoms with van der Waals surface area (Å²) in [6.45, 7) is 2.53. The number of carbonyl (C=O) groups is 1. The molecule has 4 rings (SSSR count). The molecule has 2 saturated heterocycles. The van der Waals surface area contributed by atoms with Gasteiger partial charge in [0.2, 0.25) is 5.03 Å². The Balaban J connectivity index is 0.00000324. The fourth-order valence-electron chi connectivity index (χ4n) is 4.69. The zero-order valence-electron chi connectivity index (χ0n) is 18.8. The van der Waals surface area contributed by atoms with Crippen molar-refractivity contribution >= 4 is 28.2 Å². The number of Topliss-reactive ketones (excluding diaryl/α,β-unsaturated/α-hetero) is 1. The van der Waals surface area contributed by atoms with Gasteiger partial charge in [-0.1, -0.05) is 11.3 Å². The second-order valence-corrected chi connectivity index (χ2v) is 10.4. The largest absolute Gasteiger partial charge is 0.381 e. The van der Waals surface area contributed by atoms with E-state index in [9.17, 15) is 22.0 Å². The molecule has 9 nitrogen and oxygen atoms in total. The molecule has 0 spiro atoms. The summed E-state index contributed by atoms with van der Waals surface area (Å²) in [5, 5.41) is 7.35. The Morgan fingerprint density at radius 2 is 1.74 bits per heavy atom. The molecule has 0 amide bonds. The molecule has 13 heteroatoms. The predicted molar refractivity (Wildman–Crippen MR) is 121 cm³/mol. The van der Waals surface area contributed by atoms with E-state index in [0.717, 1.165) is 12.1 Å². The van der Waals surface area contributed by atoms with Gasteiger partial charge in [-0.15, -0.1) is 17.5 Å². The van der Waals surface area contributed by atoms with E-state index in [1.54, 1.807) is 7.05 Å². The maximum absolute atomic E-state index is 14.0. The van der Waals surface area contributed by atoms with E-state index in [-0.39, 0.29) is 36.9 Å². The molecule has 0 aliphatic carbocycles. The summed E-state index contributed by atoms with van der Waals surface area (Å²) >= 11 is 0. The van der Waals surface area contributed by atoms with Crippen LogP contribution in [0.2, 0.25) is 0 Å². The number of sulfonamides is 1. The quantitative estimate of drug-likeness (QED) is 0.516. The lowest BCUT2D eigenvalue weighted by atomic mass is 9.82. The highest BCUT2D eigenvalue weighted by molar-refractivity contribution is 7.89. The fourth-order valence-corrected chi connectivity index (χ4v) is 6.02. The van der Waals surface area contributed by atoms with Gasteiger partial charge in [-0.2, -0.15) is 4.31 Å². The van der Waals surface area contributed by atoms with Gasteiger partial charge < -0.3 is 4.74 Å². The number of ether oxygens (including phenoxy) is 1. The van der Waals surface area contributed by atoms with Crippen LogP contribution in [0.15, 0.2) is 29.4 Å². The van der Waals surface area contributed by atoms with Gasteiger partial charge in [-0.3, -0.25) is 14.4 Å². The highest BCUT2D eigenvalue weighted by Gasteiger charge is 2.42. The fraction of sp³-hybridized carbons (Fsp3) is 0.571. The van der Waals surface area contributed by atoms with Crippen LogP contribution in [0.4, 0.5) is 8.78 Å². The minimum Gasteiger partial charge on any atom is -0.381 e. The van der Waals surface area contributed by atoms with Crippen LogP contribution in [0.25, 0.3) is 0 Å². The molecule has 0 saturated carbocycles. The molecule has 34 heavy (non-hydrogen) atoms. The topological polar surface area (TPSA) is 97.6 Å². The van der Waals surface area contributed by atoms with Crippen molar-refractivity contribution in [3.8, 4) is 0 Å². The third kappa shape index (κ3) is 5.30. The van der Waals surface area contributed by atoms with Crippen molar-refractivity contribution in [3.63, 3.8) is 0 Å². The summed E-state index contributed by atoms with van der Waals surface area (Å²) in [5.74, 6) is -2.28. The first-order valence-corrected chi connectivity index (χ1v) is 12.3. The molecule has 2 aliphatic rings. The van der Waals surface area contributed by atoms with E-state index in [4.69, 9.17) is 4.74 Å². The maximum atomic E-state index is 14.0. The molecule has 1 aromatic carbocycles. The number of benzene rings is 1. The Morgan fingerprint density at radius 1 is 1.12 bits per heavy atom. The SMILES string of the molecule is Cl.Cn1cc(S(=O)(=O)N2CCN(C3(CCC(=O)c4c(F)cccc4F)CCOCC3)CC2)nn1. The minimum atomic E-state index is -3.74. The zero-order chi connectivity index (χ0) is 23.6. The van der Waals surface area contributed by atoms with Gasteiger partial charge in [0.15, 0.2) is 5.78 Å². The van der Waals surface area contributed by atoms with Crippen LogP contribution in [0.3, 0.4) is 0 Å². The van der Waals surface area contributed by atoms with Gasteiger partial charge >= 0.3 is 0 Å². The Kier molecular flexibility index (Phi) is 8.40. The molecule has 0 radical (unpaired) electrons. The first-order valence-electron chi connectivity index (χ1n) is 10.9. The van der Waals surface area contributed by atoms with Crippen LogP contribution in [-0.2, 0) is 21.8 Å². The Bertz CT molecular complexity index is 1100. The lowest BCUT2D eigenvalue weighted by Crippen LogP contribution is -2.59. The maximum Gasteiger partial charge on any atom is 0.264 e. The van der Waals surface area contributed by atoms with Crippen LogP contribution in [0, 0.1) is 11.6 Å². The number of halogens is 3. The summed E-state index contributed by atoms with van der Waals surface area (Å²) in [5.41, 5.74) is -0.891. The van der Waals surface area contributed by atoms with Gasteiger partial charge in [0.05, 0.1) is 11.8 Å². The van der Waals surface area contributed by atoms with E-state index in [1.165, 1.54) is 21.3 Å². The third-order valence-electron chi connectivity index (χ3n) is 6.58. The summed E-state index contributed by atoms with van der Waals surface area (Å²) in [4.78, 5) is 14.9. The number of nitrogens with zero attached hydrogens (tertiary/aromatic N) is 5. The van der Waals surface area contributed by atoms with Crippen LogP contribution >= 0.6 is 12.4 Å². The van der Waals surface area contributed by atoms with Gasteiger partial charge in [-0.05, 0) is 31.4 Å². The standard InChI is InChI=1S/C21H27F2N5O4S.ClH/c1-26-15-19(24-25-26)33(30,31)28-11-9-27(10-12-28)21(7-13-32-14-8-21)6-5-18(29)20-16(22)3-2-4-17(20)23;/h2-4,15H,5-14H2,1H3;1H. The number of ketones is 1. The van der Waals surface area contributed by atoms with Crippen molar-refractivity contribution in [2.75, 3.05) is 39.4 Å². The van der Waals surface area contributed by atoms with Crippen molar-refractivity contribution in [1.82, 2.24) is 24.2 Å². The van der Waals surface area contributed by atoms with Crippen LogP contribution < -0.4 is 0 Å². The van der Waals surface area contributed by atoms with Crippen LogP contribution in [-0.4, -0.2) is 83.3 Å². The van der Waals surface area contributed by atoms with E-state index < -0.39 is 38.5 Å². The molecule has 1 aromatic heterocycles. The molecule has 0 unspecified atom stereocenters. The minimum absolute atomic E-state index is 0. The second-order valence-electron chi connectivity index (χ2n) is 8.48. The Morgan fingerprint density at radius 3 is 2.29 bits per heavy atom. The average molecular weight is 520 g/mol. The van der Waals surface area contributed by atoms with Crippen molar-refractivity contribution in [1.29, 1.82) is 0 Å². The number of hydrogen-bond acceptors (Lipinski definition) is 7. The lowest BCUT2D eigenvalue weighted by molar-refractivity contribution is -0.0445. The molecule has 0 N–H and O–H groups in total. The number of carbonyl (C=O) groups excluding carboxylic acids is 1. The molecule has 3 heterocycles. The zero-order valence-corrected chi connectivity index (χ0v) is 20.5. The molecule has 2 aliphatic heterocycles. The van der Waals surface area contributed by atoms with E-state index in [0.29, 0.717) is 45.6 Å². The molecule has 188 valence electrons. The lowest BCUT2D eigenvalue weighted by Gasteiger charge is -2.49. The van der Waals surface area contributed by atoms with Gasteiger partial charge in [0.25, 0.3) is 10.0 Å². The van der Waals surface area contributed by atoms with Crippen molar-refractivity contribution in [2.24, 2.45) is 7.05 Å². The molecular formula is C21H28ClF2N5O4S. The molecular weight excluding hydrogens is 492 g/mol. The predicted octanol–water partition coefficient (Wildman–Crippen LogP) is 2.03. The van der Waals surface area contributed by atoms with Gasteiger partial charge in [-0.25, -0.2) is 17.2 Å². The molecule has 0 atom stereocenters. The normalized spacial score (nSPS) is 19.5. The van der Waals surface area contributed by atoms with Gasteiger partial charge in [0, 0.05) is 58.4 Å². The average Bonchev–Trinajstić information content (AvgIpc) is 3.25. The number of aryl methyl sites for hydroxylation is 1. The Hall–Kier alpha value is -1.99. The summed E-state index contributed by atoms with van der Waals surface area (Å²) in [6, 6.07) is 3.39. The molecule has 0 bridgehead atoms. The second kappa shape index (κ2) is 10.7. The number of aromatic nitrogens is 3. The van der Waals surface area contributed by atoms with E-state index in [2.05, 4.69) is 15.2 Å². The van der Waals surface area contributed by atoms with Crippen LogP contribution in [0.5, 0.6) is 0 Å². The molecule has 2 fully saturated rings. The first kappa shape index (κ1) is 26.6. The summed E-state index contributed by atoms with van der Waals surface area (Å²) in [6.07, 6.45) is 3.11. The third-order valence-corrected chi connectivity index (χ3v) is 8.34. The highest BCUT2D eigenvalue weighted by atomic mass is 35.5. The van der Waals surface area contributed by atoms with E-state index >= 15 is 0 Å². The smallest absolute Gasteiger partial charge is 0.264 e. The van der Waals surface area contributed by atoms with Crippen molar-refractivity contribution in [2.45, 2.75) is 36.2 Å². The highest BCUT2D eigenvalue weighted by Crippen LogP contribution is 2.35. The van der Waals surface area contributed by atoms with Crippen molar-refractivity contribution < 1.29 is 26.7 Å². The molecule has 2 aromatic rings. The number of hydrogen-bond donors (Lipinski definition) is 0. The summed E-state index contributed by atoms with van der Waals surface area (Å²) < 4.78 is 62.1. The summed E-state index contributed by atoms with van der Waals surface area (Å²) in [7, 11) is -2.13. The monoisotopic (exact) mass is 519 g/mol. The Labute approximate surface area is 203 Å². The van der Waals surface area contributed by atoms with Gasteiger partial charge in [0.1, 0.15) is 11.6 Å².